The van der Waals surface area contributed by atoms with Crippen molar-refractivity contribution in [2.45, 2.75) is 18.5 Å². The minimum atomic E-state index is -0.458. The second kappa shape index (κ2) is 6.21. The number of nitrogens with one attached hydrogen (secondary N) is 2. The maximum Gasteiger partial charge on any atom is 0.242 e. The van der Waals surface area contributed by atoms with Gasteiger partial charge in [0.1, 0.15) is 5.82 Å². The van der Waals surface area contributed by atoms with Crippen LogP contribution < -0.4 is 16.4 Å². The minimum Gasteiger partial charge on any atom is -0.320 e. The third-order valence-electron chi connectivity index (χ3n) is 3.00. The molecule has 1 aliphatic heterocycles. The number of thioether (sulfide) groups is 1. The van der Waals surface area contributed by atoms with Gasteiger partial charge in [0.05, 0.1) is 18.3 Å². The molecule has 6 nitrogen and oxygen atoms in total. The number of nitrogens with zero attached hydrogens (tertiary/aromatic N) is 2. The molecule has 1 saturated heterocycles. The van der Waals surface area contributed by atoms with E-state index in [2.05, 4.69) is 15.7 Å². The van der Waals surface area contributed by atoms with Crippen molar-refractivity contribution in [1.29, 1.82) is 0 Å². The van der Waals surface area contributed by atoms with E-state index in [0.29, 0.717) is 12.5 Å². The summed E-state index contributed by atoms with van der Waals surface area (Å²) in [6, 6.07) is 1.68. The van der Waals surface area contributed by atoms with E-state index in [1.54, 1.807) is 24.0 Å². The molecule has 0 aromatic carbocycles. The summed E-state index contributed by atoms with van der Waals surface area (Å²) in [5.41, 5.74) is 5.83. The van der Waals surface area contributed by atoms with Crippen molar-refractivity contribution in [3.63, 3.8) is 0 Å². The maximum atomic E-state index is 11.9. The van der Waals surface area contributed by atoms with Gasteiger partial charge in [0, 0.05) is 19.2 Å². The lowest BCUT2D eigenvalue weighted by molar-refractivity contribution is -0.117. The van der Waals surface area contributed by atoms with Crippen molar-refractivity contribution >= 4 is 23.5 Å². The van der Waals surface area contributed by atoms with Crippen LogP contribution in [0.5, 0.6) is 0 Å². The van der Waals surface area contributed by atoms with Gasteiger partial charge in [-0.05, 0) is 18.4 Å². The van der Waals surface area contributed by atoms with Crippen LogP contribution in [0.3, 0.4) is 0 Å². The molecule has 2 rings (SSSR count). The SMILES string of the molecule is CSCCC(N)C(=O)Nc1ccnn1C1CNC1. The second-order valence-electron chi connectivity index (χ2n) is 4.35. The quantitative estimate of drug-likeness (QED) is 0.679. The van der Waals surface area contributed by atoms with Gasteiger partial charge in [-0.15, -0.1) is 0 Å². The zero-order valence-corrected chi connectivity index (χ0v) is 11.2. The molecule has 4 N–H and O–H groups in total. The third-order valence-corrected chi connectivity index (χ3v) is 3.64. The van der Waals surface area contributed by atoms with E-state index in [9.17, 15) is 4.79 Å². The first kappa shape index (κ1) is 13.4. The Kier molecular flexibility index (Phi) is 4.62. The molecule has 0 spiro atoms. The van der Waals surface area contributed by atoms with Crippen LogP contribution in [0.1, 0.15) is 12.5 Å². The van der Waals surface area contributed by atoms with E-state index in [1.807, 2.05) is 10.9 Å². The van der Waals surface area contributed by atoms with Crippen LogP contribution in [-0.4, -0.2) is 46.8 Å². The van der Waals surface area contributed by atoms with Gasteiger partial charge in [-0.25, -0.2) is 4.68 Å². The number of hydrogen-bond donors (Lipinski definition) is 3. The van der Waals surface area contributed by atoms with Crippen molar-refractivity contribution < 1.29 is 4.79 Å². The monoisotopic (exact) mass is 269 g/mol. The molecule has 1 aliphatic rings. The van der Waals surface area contributed by atoms with Gasteiger partial charge in [-0.1, -0.05) is 0 Å². The molecular formula is C11H19N5OS. The molecule has 1 unspecified atom stereocenters. The summed E-state index contributed by atoms with van der Waals surface area (Å²) >= 11 is 1.69. The highest BCUT2D eigenvalue weighted by atomic mass is 32.2. The standard InChI is InChI=1S/C11H19N5OS/c1-18-5-3-9(12)11(17)15-10-2-4-14-16(10)8-6-13-7-8/h2,4,8-9,13H,3,5-7,12H2,1H3,(H,15,17). The molecule has 7 heteroatoms. The van der Waals surface area contributed by atoms with Crippen LogP contribution in [-0.2, 0) is 4.79 Å². The van der Waals surface area contributed by atoms with Gasteiger partial charge in [-0.3, -0.25) is 4.79 Å². The first-order valence-electron chi connectivity index (χ1n) is 6.02. The van der Waals surface area contributed by atoms with Crippen LogP contribution in [0.25, 0.3) is 0 Å². The molecule has 18 heavy (non-hydrogen) atoms. The summed E-state index contributed by atoms with van der Waals surface area (Å²) in [4.78, 5) is 11.9. The fourth-order valence-electron chi connectivity index (χ4n) is 1.75. The second-order valence-corrected chi connectivity index (χ2v) is 5.34. The highest BCUT2D eigenvalue weighted by Crippen LogP contribution is 2.17. The molecule has 1 aromatic heterocycles. The Hall–Kier alpha value is -1.05. The molecule has 1 amide bonds. The highest BCUT2D eigenvalue weighted by Gasteiger charge is 2.23. The number of aromatic nitrogens is 2. The number of anilines is 1. The Bertz CT molecular complexity index is 404. The van der Waals surface area contributed by atoms with E-state index in [0.717, 1.165) is 24.7 Å². The lowest BCUT2D eigenvalue weighted by atomic mass is 10.2. The molecule has 2 heterocycles. The first-order chi connectivity index (χ1) is 8.72. The van der Waals surface area contributed by atoms with Crippen molar-refractivity contribution in [3.05, 3.63) is 12.3 Å². The molecule has 1 aromatic rings. The molecular weight excluding hydrogens is 250 g/mol. The number of carbonyl (C=O) groups is 1. The maximum absolute atomic E-state index is 11.9. The lowest BCUT2D eigenvalue weighted by Crippen LogP contribution is -2.44. The summed E-state index contributed by atoms with van der Waals surface area (Å²) in [6.07, 6.45) is 4.39. The zero-order valence-electron chi connectivity index (χ0n) is 10.4. The van der Waals surface area contributed by atoms with Gasteiger partial charge in [0.25, 0.3) is 0 Å². The Morgan fingerprint density at radius 3 is 3.17 bits per heavy atom. The number of carbonyl (C=O) groups excluding carboxylic acids is 1. The van der Waals surface area contributed by atoms with Crippen LogP contribution in [0.4, 0.5) is 5.82 Å². The minimum absolute atomic E-state index is 0.141. The van der Waals surface area contributed by atoms with Gasteiger partial charge >= 0.3 is 0 Å². The van der Waals surface area contributed by atoms with E-state index in [1.165, 1.54) is 0 Å². The van der Waals surface area contributed by atoms with Crippen molar-refractivity contribution in [2.24, 2.45) is 5.73 Å². The third kappa shape index (κ3) is 3.04. The summed E-state index contributed by atoms with van der Waals surface area (Å²) in [5.74, 6) is 1.48. The van der Waals surface area contributed by atoms with Crippen molar-refractivity contribution in [3.8, 4) is 0 Å². The number of amides is 1. The molecule has 1 atom stereocenters. The van der Waals surface area contributed by atoms with Gasteiger partial charge in [-0.2, -0.15) is 16.9 Å². The summed E-state index contributed by atoms with van der Waals surface area (Å²) in [6.45, 7) is 1.78. The Morgan fingerprint density at radius 1 is 1.78 bits per heavy atom. The molecule has 0 bridgehead atoms. The predicted molar refractivity (Wildman–Crippen MR) is 73.7 cm³/mol. The number of rotatable bonds is 6. The van der Waals surface area contributed by atoms with Crippen molar-refractivity contribution in [2.75, 3.05) is 30.4 Å². The van der Waals surface area contributed by atoms with E-state index in [4.69, 9.17) is 5.73 Å². The van der Waals surface area contributed by atoms with Gasteiger partial charge < -0.3 is 16.4 Å². The topological polar surface area (TPSA) is 85.0 Å². The molecule has 0 aliphatic carbocycles. The molecule has 1 fully saturated rings. The number of nitrogens with two attached hydrogens (primary N) is 1. The molecule has 0 radical (unpaired) electrons. The average Bonchev–Trinajstić information content (AvgIpc) is 2.72. The van der Waals surface area contributed by atoms with Crippen LogP contribution >= 0.6 is 11.8 Å². The predicted octanol–water partition coefficient (Wildman–Crippen LogP) is 0.0463. The molecule has 0 saturated carbocycles. The molecule has 100 valence electrons. The van der Waals surface area contributed by atoms with Crippen LogP contribution in [0.2, 0.25) is 0 Å². The largest absolute Gasteiger partial charge is 0.320 e. The first-order valence-corrected chi connectivity index (χ1v) is 7.41. The fraction of sp³-hybridized carbons (Fsp3) is 0.636. The zero-order chi connectivity index (χ0) is 13.0. The van der Waals surface area contributed by atoms with E-state index >= 15 is 0 Å². The Labute approximate surface area is 111 Å². The normalized spacial score (nSPS) is 17.2. The Balaban J connectivity index is 1.92. The summed E-state index contributed by atoms with van der Waals surface area (Å²) in [5, 5.41) is 10.3. The average molecular weight is 269 g/mol. The van der Waals surface area contributed by atoms with Crippen molar-refractivity contribution in [1.82, 2.24) is 15.1 Å². The highest BCUT2D eigenvalue weighted by molar-refractivity contribution is 7.98. The van der Waals surface area contributed by atoms with Crippen LogP contribution in [0, 0.1) is 0 Å². The van der Waals surface area contributed by atoms with E-state index < -0.39 is 6.04 Å². The van der Waals surface area contributed by atoms with E-state index in [-0.39, 0.29) is 5.91 Å². The van der Waals surface area contributed by atoms with Crippen LogP contribution in [0.15, 0.2) is 12.3 Å². The van der Waals surface area contributed by atoms with Gasteiger partial charge in [0.15, 0.2) is 0 Å². The van der Waals surface area contributed by atoms with Gasteiger partial charge in [0.2, 0.25) is 5.91 Å². The summed E-state index contributed by atoms with van der Waals surface area (Å²) in [7, 11) is 0. The number of hydrogen-bond acceptors (Lipinski definition) is 5. The summed E-state index contributed by atoms with van der Waals surface area (Å²) < 4.78 is 1.84. The fourth-order valence-corrected chi connectivity index (χ4v) is 2.24. The Morgan fingerprint density at radius 2 is 2.56 bits per heavy atom. The smallest absolute Gasteiger partial charge is 0.242 e. The lowest BCUT2D eigenvalue weighted by Gasteiger charge is -2.28.